The first-order valence-corrected chi connectivity index (χ1v) is 8.05. The third kappa shape index (κ3) is 5.13. The zero-order valence-corrected chi connectivity index (χ0v) is 13.8. The molecule has 1 saturated carbocycles. The number of alkyl halides is 1. The summed E-state index contributed by atoms with van der Waals surface area (Å²) in [7, 11) is 0. The van der Waals surface area contributed by atoms with E-state index >= 15 is 0 Å². The van der Waals surface area contributed by atoms with Crippen LogP contribution < -0.4 is 0 Å². The van der Waals surface area contributed by atoms with Crippen LogP contribution in [0.5, 0.6) is 0 Å². The molecule has 1 rings (SSSR count). The Balaban J connectivity index is 2.85. The van der Waals surface area contributed by atoms with Gasteiger partial charge in [0, 0.05) is 6.04 Å². The molecule has 0 aromatic carbocycles. The Morgan fingerprint density at radius 1 is 1.35 bits per heavy atom. The summed E-state index contributed by atoms with van der Waals surface area (Å²) < 4.78 is 5.50. The van der Waals surface area contributed by atoms with Crippen LogP contribution >= 0.6 is 11.6 Å². The normalized spacial score (nSPS) is 20.3. The van der Waals surface area contributed by atoms with Gasteiger partial charge in [-0.05, 0) is 40.5 Å². The number of amides is 1. The van der Waals surface area contributed by atoms with Gasteiger partial charge in [0.2, 0.25) is 0 Å². The zero-order valence-electron chi connectivity index (χ0n) is 13.1. The molecule has 0 spiro atoms. The summed E-state index contributed by atoms with van der Waals surface area (Å²) in [6.45, 7) is 7.40. The van der Waals surface area contributed by atoms with Crippen LogP contribution in [0.1, 0.15) is 59.8 Å². The lowest BCUT2D eigenvalue weighted by Crippen LogP contribution is -2.53. The van der Waals surface area contributed by atoms with Gasteiger partial charge in [0.15, 0.2) is 0 Å². The quantitative estimate of drug-likeness (QED) is 0.808. The maximum Gasteiger partial charge on any atom is 0.410 e. The lowest BCUT2D eigenvalue weighted by molar-refractivity contribution is -0.0170. The molecule has 0 aromatic rings. The molecule has 1 aliphatic carbocycles. The molecule has 1 fully saturated rings. The van der Waals surface area contributed by atoms with Crippen LogP contribution in [0.4, 0.5) is 4.79 Å². The van der Waals surface area contributed by atoms with E-state index in [0.717, 1.165) is 25.7 Å². The molecule has 1 amide bonds. The predicted molar refractivity (Wildman–Crippen MR) is 81.1 cm³/mol. The first-order chi connectivity index (χ1) is 9.26. The van der Waals surface area contributed by atoms with Crippen LogP contribution in [0.15, 0.2) is 0 Å². The van der Waals surface area contributed by atoms with Crippen molar-refractivity contribution in [2.45, 2.75) is 83.6 Å². The lowest BCUT2D eigenvalue weighted by atomic mass is 9.93. The Labute approximate surface area is 127 Å². The second kappa shape index (κ2) is 7.51. The van der Waals surface area contributed by atoms with Crippen molar-refractivity contribution in [3.8, 4) is 0 Å². The molecule has 1 N–H and O–H groups in total. The highest BCUT2D eigenvalue weighted by Crippen LogP contribution is 2.27. The smallest absolute Gasteiger partial charge is 0.410 e. The fourth-order valence-electron chi connectivity index (χ4n) is 2.64. The fraction of sp³-hybridized carbons (Fsp3) is 0.933. The molecule has 0 aliphatic heterocycles. The van der Waals surface area contributed by atoms with Gasteiger partial charge >= 0.3 is 6.09 Å². The van der Waals surface area contributed by atoms with Gasteiger partial charge in [-0.15, -0.1) is 11.6 Å². The average molecular weight is 306 g/mol. The minimum atomic E-state index is -0.730. The number of aliphatic hydroxyl groups excluding tert-OH is 1. The van der Waals surface area contributed by atoms with Crippen molar-refractivity contribution >= 4 is 17.7 Å². The Morgan fingerprint density at radius 3 is 2.35 bits per heavy atom. The highest BCUT2D eigenvalue weighted by Gasteiger charge is 2.35. The van der Waals surface area contributed by atoms with E-state index < -0.39 is 11.7 Å². The molecule has 2 atom stereocenters. The number of hydrogen-bond donors (Lipinski definition) is 1. The third-order valence-corrected chi connectivity index (χ3v) is 4.04. The molecule has 0 radical (unpaired) electrons. The van der Waals surface area contributed by atoms with Crippen LogP contribution in [0, 0.1) is 0 Å². The molecule has 0 heterocycles. The molecule has 0 saturated heterocycles. The minimum Gasteiger partial charge on any atom is -0.444 e. The van der Waals surface area contributed by atoms with Gasteiger partial charge < -0.3 is 9.84 Å². The topological polar surface area (TPSA) is 49.8 Å². The van der Waals surface area contributed by atoms with E-state index in [0.29, 0.717) is 0 Å². The highest BCUT2D eigenvalue weighted by atomic mass is 35.5. The van der Waals surface area contributed by atoms with E-state index in [1.165, 1.54) is 6.42 Å². The SMILES string of the molecule is C[C@@H]([C@H](O)CCl)N(C(=O)OC(C)(C)C)C1CCCCC1. The van der Waals surface area contributed by atoms with Crippen LogP contribution in [-0.2, 0) is 4.74 Å². The van der Waals surface area contributed by atoms with E-state index in [1.54, 1.807) is 4.90 Å². The van der Waals surface area contributed by atoms with Crippen LogP contribution in [-0.4, -0.2) is 45.8 Å². The van der Waals surface area contributed by atoms with Crippen molar-refractivity contribution in [1.82, 2.24) is 4.90 Å². The Kier molecular flexibility index (Phi) is 6.59. The van der Waals surface area contributed by atoms with E-state index in [9.17, 15) is 9.90 Å². The zero-order chi connectivity index (χ0) is 15.3. The van der Waals surface area contributed by atoms with Crippen LogP contribution in [0.3, 0.4) is 0 Å². The molecule has 5 heteroatoms. The van der Waals surface area contributed by atoms with Crippen molar-refractivity contribution in [1.29, 1.82) is 0 Å². The second-order valence-electron chi connectivity index (χ2n) is 6.64. The minimum absolute atomic E-state index is 0.118. The predicted octanol–water partition coefficient (Wildman–Crippen LogP) is 3.54. The van der Waals surface area contributed by atoms with E-state index in [-0.39, 0.29) is 24.1 Å². The summed E-state index contributed by atoms with van der Waals surface area (Å²) in [5.41, 5.74) is -0.532. The number of halogens is 1. The monoisotopic (exact) mass is 305 g/mol. The first kappa shape index (κ1) is 17.6. The number of aliphatic hydroxyl groups is 1. The maximum absolute atomic E-state index is 12.5. The summed E-state index contributed by atoms with van der Waals surface area (Å²) >= 11 is 5.74. The van der Waals surface area contributed by atoms with Gasteiger partial charge in [0.25, 0.3) is 0 Å². The Bertz CT molecular complexity index is 309. The van der Waals surface area contributed by atoms with E-state index in [4.69, 9.17) is 16.3 Å². The van der Waals surface area contributed by atoms with Gasteiger partial charge in [0.05, 0.1) is 18.0 Å². The van der Waals surface area contributed by atoms with E-state index in [2.05, 4.69) is 0 Å². The number of ether oxygens (including phenoxy) is 1. The number of carbonyl (C=O) groups is 1. The second-order valence-corrected chi connectivity index (χ2v) is 6.95. The Hall–Kier alpha value is -0.480. The van der Waals surface area contributed by atoms with Crippen molar-refractivity contribution in [2.75, 3.05) is 5.88 Å². The van der Waals surface area contributed by atoms with Crippen molar-refractivity contribution in [2.24, 2.45) is 0 Å². The standard InChI is InChI=1S/C15H28ClNO3/c1-11(13(18)10-16)17(12-8-6-5-7-9-12)14(19)20-15(2,3)4/h11-13,18H,5-10H2,1-4H3/t11-,13+/m0/s1. The summed E-state index contributed by atoms with van der Waals surface area (Å²) in [5.74, 6) is 0.118. The van der Waals surface area contributed by atoms with Gasteiger partial charge in [-0.25, -0.2) is 4.79 Å². The molecule has 118 valence electrons. The molecular weight excluding hydrogens is 278 g/mol. The Morgan fingerprint density at radius 2 is 1.90 bits per heavy atom. The summed E-state index contributed by atoms with van der Waals surface area (Å²) in [5, 5.41) is 9.99. The van der Waals surface area contributed by atoms with Gasteiger partial charge in [-0.1, -0.05) is 19.3 Å². The van der Waals surface area contributed by atoms with Crippen LogP contribution in [0.25, 0.3) is 0 Å². The largest absolute Gasteiger partial charge is 0.444 e. The van der Waals surface area contributed by atoms with Gasteiger partial charge in [-0.2, -0.15) is 0 Å². The number of nitrogens with zero attached hydrogens (tertiary/aromatic N) is 1. The number of hydrogen-bond acceptors (Lipinski definition) is 3. The molecule has 20 heavy (non-hydrogen) atoms. The van der Waals surface area contributed by atoms with E-state index in [1.807, 2.05) is 27.7 Å². The summed E-state index contributed by atoms with van der Waals surface area (Å²) in [4.78, 5) is 14.2. The highest BCUT2D eigenvalue weighted by molar-refractivity contribution is 6.18. The molecule has 4 nitrogen and oxygen atoms in total. The van der Waals surface area contributed by atoms with Gasteiger partial charge in [-0.3, -0.25) is 4.90 Å². The summed E-state index contributed by atoms with van der Waals surface area (Å²) in [6, 6.07) is -0.183. The number of rotatable bonds is 4. The molecule has 1 aliphatic rings. The molecular formula is C15H28ClNO3. The van der Waals surface area contributed by atoms with Crippen molar-refractivity contribution < 1.29 is 14.6 Å². The molecule has 0 bridgehead atoms. The average Bonchev–Trinajstić information content (AvgIpc) is 2.37. The maximum atomic E-state index is 12.5. The van der Waals surface area contributed by atoms with Crippen molar-refractivity contribution in [3.05, 3.63) is 0 Å². The summed E-state index contributed by atoms with van der Waals surface area (Å²) in [6.07, 6.45) is 4.32. The number of carbonyl (C=O) groups excluding carboxylic acids is 1. The molecule has 0 aromatic heterocycles. The van der Waals surface area contributed by atoms with Gasteiger partial charge in [0.1, 0.15) is 5.60 Å². The molecule has 0 unspecified atom stereocenters. The third-order valence-electron chi connectivity index (χ3n) is 3.73. The lowest BCUT2D eigenvalue weighted by Gasteiger charge is -2.40. The van der Waals surface area contributed by atoms with Crippen molar-refractivity contribution in [3.63, 3.8) is 0 Å². The fourth-order valence-corrected chi connectivity index (χ4v) is 2.89. The first-order valence-electron chi connectivity index (χ1n) is 7.51. The van der Waals surface area contributed by atoms with Crippen LogP contribution in [0.2, 0.25) is 0 Å².